The molecule has 172 valence electrons. The highest BCUT2D eigenvalue weighted by molar-refractivity contribution is 7.15. The Balaban J connectivity index is 1.40. The van der Waals surface area contributed by atoms with Crippen molar-refractivity contribution in [1.82, 2.24) is 5.16 Å². The lowest BCUT2D eigenvalue weighted by atomic mass is 10.0. The molecule has 0 aliphatic carbocycles. The van der Waals surface area contributed by atoms with Gasteiger partial charge in [-0.25, -0.2) is 4.79 Å². The average molecular weight is 477 g/mol. The van der Waals surface area contributed by atoms with E-state index in [4.69, 9.17) is 18.7 Å². The van der Waals surface area contributed by atoms with Gasteiger partial charge in [0.2, 0.25) is 0 Å². The van der Waals surface area contributed by atoms with E-state index in [2.05, 4.69) is 10.5 Å². The fourth-order valence-corrected chi connectivity index (χ4v) is 4.52. The standard InChI is InChI=1S/C25H20N2O6S/c1-2-30-25(29)22-17(15-6-4-3-5-7-15)14-34-24(22)26-23(28)18-13-20(33-27-18)16-8-9-19-21(12-16)32-11-10-31-19/h3-9,12-14H,2,10-11H2,1H3,(H,26,28). The second kappa shape index (κ2) is 9.40. The number of carbonyl (C=O) groups is 2. The van der Waals surface area contributed by atoms with Crippen LogP contribution in [-0.4, -0.2) is 36.9 Å². The van der Waals surface area contributed by atoms with E-state index in [1.807, 2.05) is 35.7 Å². The van der Waals surface area contributed by atoms with Crippen LogP contribution in [0.2, 0.25) is 0 Å². The molecule has 0 unspecified atom stereocenters. The number of aromatic nitrogens is 1. The maximum Gasteiger partial charge on any atom is 0.341 e. The molecule has 1 aliphatic heterocycles. The van der Waals surface area contributed by atoms with Crippen molar-refractivity contribution >= 4 is 28.2 Å². The number of amides is 1. The minimum atomic E-state index is -0.505. The van der Waals surface area contributed by atoms with Crippen LogP contribution in [0.5, 0.6) is 11.5 Å². The number of thiophene rings is 1. The maximum absolute atomic E-state index is 12.9. The highest BCUT2D eigenvalue weighted by Gasteiger charge is 2.24. The summed E-state index contributed by atoms with van der Waals surface area (Å²) in [6, 6.07) is 16.4. The normalized spacial score (nSPS) is 12.3. The van der Waals surface area contributed by atoms with E-state index in [0.29, 0.717) is 52.2 Å². The third kappa shape index (κ3) is 4.25. The highest BCUT2D eigenvalue weighted by Crippen LogP contribution is 2.37. The molecule has 1 amide bonds. The molecule has 1 aliphatic rings. The molecule has 8 nitrogen and oxygen atoms in total. The summed E-state index contributed by atoms with van der Waals surface area (Å²) in [5.41, 5.74) is 2.63. The zero-order valence-electron chi connectivity index (χ0n) is 18.2. The number of esters is 1. The predicted molar refractivity (Wildman–Crippen MR) is 127 cm³/mol. The van der Waals surface area contributed by atoms with Gasteiger partial charge < -0.3 is 24.1 Å². The summed E-state index contributed by atoms with van der Waals surface area (Å²) in [7, 11) is 0. The van der Waals surface area contributed by atoms with Crippen LogP contribution in [0, 0.1) is 0 Å². The smallest absolute Gasteiger partial charge is 0.341 e. The fraction of sp³-hybridized carbons (Fsp3) is 0.160. The molecule has 0 spiro atoms. The first-order valence-electron chi connectivity index (χ1n) is 10.7. The summed E-state index contributed by atoms with van der Waals surface area (Å²) in [5.74, 6) is 0.668. The van der Waals surface area contributed by atoms with Crippen molar-refractivity contribution in [1.29, 1.82) is 0 Å². The Labute approximate surface area is 199 Å². The molecule has 0 saturated carbocycles. The molecule has 2 aromatic carbocycles. The lowest BCUT2D eigenvalue weighted by molar-refractivity contribution is 0.0529. The van der Waals surface area contributed by atoms with Gasteiger partial charge in [-0.15, -0.1) is 11.3 Å². The lowest BCUT2D eigenvalue weighted by Crippen LogP contribution is -2.15. The van der Waals surface area contributed by atoms with Gasteiger partial charge in [0.1, 0.15) is 23.8 Å². The van der Waals surface area contributed by atoms with Crippen molar-refractivity contribution in [3.8, 4) is 33.9 Å². The van der Waals surface area contributed by atoms with Gasteiger partial charge >= 0.3 is 5.97 Å². The van der Waals surface area contributed by atoms with E-state index in [-0.39, 0.29) is 12.3 Å². The van der Waals surface area contributed by atoms with Gasteiger partial charge in [-0.3, -0.25) is 4.79 Å². The van der Waals surface area contributed by atoms with Crippen LogP contribution >= 0.6 is 11.3 Å². The number of ether oxygens (including phenoxy) is 3. The number of anilines is 1. The Morgan fingerprint density at radius 3 is 2.62 bits per heavy atom. The van der Waals surface area contributed by atoms with Crippen LogP contribution in [0.1, 0.15) is 27.8 Å². The molecule has 34 heavy (non-hydrogen) atoms. The van der Waals surface area contributed by atoms with Gasteiger partial charge in [0.15, 0.2) is 23.0 Å². The number of rotatable bonds is 6. The van der Waals surface area contributed by atoms with Crippen LogP contribution in [0.25, 0.3) is 22.5 Å². The molecule has 0 bridgehead atoms. The number of nitrogens with one attached hydrogen (secondary N) is 1. The topological polar surface area (TPSA) is 99.9 Å². The Morgan fingerprint density at radius 1 is 1.03 bits per heavy atom. The highest BCUT2D eigenvalue weighted by atomic mass is 32.1. The average Bonchev–Trinajstić information content (AvgIpc) is 3.52. The van der Waals surface area contributed by atoms with Gasteiger partial charge in [0.05, 0.1) is 6.61 Å². The maximum atomic E-state index is 12.9. The van der Waals surface area contributed by atoms with Crippen LogP contribution in [0.3, 0.4) is 0 Å². The third-order valence-electron chi connectivity index (χ3n) is 5.15. The molecule has 0 fully saturated rings. The Kier molecular flexibility index (Phi) is 6.01. The molecule has 4 aromatic rings. The van der Waals surface area contributed by atoms with E-state index in [0.717, 1.165) is 5.56 Å². The number of benzene rings is 2. The summed E-state index contributed by atoms with van der Waals surface area (Å²) in [6.45, 7) is 2.93. The van der Waals surface area contributed by atoms with Crippen molar-refractivity contribution in [2.45, 2.75) is 6.92 Å². The Hall–Kier alpha value is -4.11. The van der Waals surface area contributed by atoms with Crippen LogP contribution in [0.15, 0.2) is 64.5 Å². The summed E-state index contributed by atoms with van der Waals surface area (Å²) >= 11 is 1.25. The predicted octanol–water partition coefficient (Wildman–Crippen LogP) is 5.27. The largest absolute Gasteiger partial charge is 0.486 e. The molecule has 0 atom stereocenters. The third-order valence-corrected chi connectivity index (χ3v) is 6.05. The van der Waals surface area contributed by atoms with E-state index in [9.17, 15) is 9.59 Å². The number of carbonyl (C=O) groups excluding carboxylic acids is 2. The van der Waals surface area contributed by atoms with Crippen LogP contribution in [-0.2, 0) is 4.74 Å². The first-order chi connectivity index (χ1) is 16.6. The van der Waals surface area contributed by atoms with Crippen molar-refractivity contribution in [3.63, 3.8) is 0 Å². The minimum Gasteiger partial charge on any atom is -0.486 e. The van der Waals surface area contributed by atoms with E-state index in [1.165, 1.54) is 17.4 Å². The molecule has 9 heteroatoms. The first kappa shape index (κ1) is 21.7. The number of fused-ring (bicyclic) bond motifs is 1. The van der Waals surface area contributed by atoms with Gasteiger partial charge in [0.25, 0.3) is 5.91 Å². The first-order valence-corrected chi connectivity index (χ1v) is 11.5. The van der Waals surface area contributed by atoms with Crippen molar-refractivity contribution in [3.05, 3.63) is 71.2 Å². The molecular formula is C25H20N2O6S. The second-order valence-electron chi connectivity index (χ2n) is 7.33. The van der Waals surface area contributed by atoms with Gasteiger partial charge in [-0.1, -0.05) is 35.5 Å². The Morgan fingerprint density at radius 2 is 1.82 bits per heavy atom. The van der Waals surface area contributed by atoms with Crippen LogP contribution in [0.4, 0.5) is 5.00 Å². The molecule has 0 saturated heterocycles. The zero-order chi connectivity index (χ0) is 23.5. The Bertz CT molecular complexity index is 1340. The zero-order valence-corrected chi connectivity index (χ0v) is 19.0. The van der Waals surface area contributed by atoms with Gasteiger partial charge in [-0.05, 0) is 30.7 Å². The van der Waals surface area contributed by atoms with E-state index in [1.54, 1.807) is 25.1 Å². The van der Waals surface area contributed by atoms with Gasteiger partial charge in [-0.2, -0.15) is 0 Å². The molecule has 2 aromatic heterocycles. The SMILES string of the molecule is CCOC(=O)c1c(-c2ccccc2)csc1NC(=O)c1cc(-c2ccc3c(c2)OCCO3)on1. The van der Waals surface area contributed by atoms with Crippen molar-refractivity contribution < 1.29 is 28.3 Å². The minimum absolute atomic E-state index is 0.0781. The van der Waals surface area contributed by atoms with Crippen molar-refractivity contribution in [2.24, 2.45) is 0 Å². The summed E-state index contributed by atoms with van der Waals surface area (Å²) in [4.78, 5) is 25.7. The summed E-state index contributed by atoms with van der Waals surface area (Å²) in [5, 5.41) is 8.89. The van der Waals surface area contributed by atoms with Gasteiger partial charge in [0, 0.05) is 22.6 Å². The molecule has 3 heterocycles. The summed E-state index contributed by atoms with van der Waals surface area (Å²) < 4.78 is 21.8. The van der Waals surface area contributed by atoms with Crippen LogP contribution < -0.4 is 14.8 Å². The molecular weight excluding hydrogens is 456 g/mol. The lowest BCUT2D eigenvalue weighted by Gasteiger charge is -2.18. The molecule has 5 rings (SSSR count). The monoisotopic (exact) mass is 476 g/mol. The quantitative estimate of drug-likeness (QED) is 0.378. The second-order valence-corrected chi connectivity index (χ2v) is 8.21. The number of hydrogen-bond acceptors (Lipinski definition) is 8. The summed E-state index contributed by atoms with van der Waals surface area (Å²) in [6.07, 6.45) is 0. The van der Waals surface area contributed by atoms with Crippen molar-refractivity contribution in [2.75, 3.05) is 25.1 Å². The van der Waals surface area contributed by atoms with E-state index < -0.39 is 11.9 Å². The fourth-order valence-electron chi connectivity index (χ4n) is 3.57. The molecule has 0 radical (unpaired) electrons. The number of nitrogens with zero attached hydrogens (tertiary/aromatic N) is 1. The van der Waals surface area contributed by atoms with E-state index >= 15 is 0 Å². The number of hydrogen-bond donors (Lipinski definition) is 1. The molecule has 1 N–H and O–H groups in total.